The Morgan fingerprint density at radius 3 is 1.85 bits per heavy atom. The molecule has 0 bridgehead atoms. The molecule has 0 aliphatic rings. The average molecular weight is 564 g/mol. The van der Waals surface area contributed by atoms with E-state index in [0.29, 0.717) is 26.2 Å². The van der Waals surface area contributed by atoms with Crippen LogP contribution in [0, 0.1) is 0 Å². The molecule has 0 heterocycles. The highest BCUT2D eigenvalue weighted by Crippen LogP contribution is 2.47. The first-order valence-corrected chi connectivity index (χ1v) is 13.6. The quantitative estimate of drug-likeness (QED) is 0.242. The number of carbonyl (C=O) groups is 2. The SMILES string of the molecule is CCN(CC)CCNC(=O)c1cc(-c2c(N)c(Cl)cc(C(=O)NCCN(CC)CC)c2OC)c(O)cc1OC. The summed E-state index contributed by atoms with van der Waals surface area (Å²) < 4.78 is 11.0. The second-order valence-electron chi connectivity index (χ2n) is 8.86. The number of aromatic hydroxyl groups is 1. The summed E-state index contributed by atoms with van der Waals surface area (Å²) in [4.78, 5) is 30.7. The third-order valence-corrected chi connectivity index (χ3v) is 7.08. The highest BCUT2D eigenvalue weighted by Gasteiger charge is 2.26. The molecule has 11 heteroatoms. The summed E-state index contributed by atoms with van der Waals surface area (Å²) in [7, 11) is 2.82. The van der Waals surface area contributed by atoms with Gasteiger partial charge in [-0.1, -0.05) is 39.3 Å². The minimum absolute atomic E-state index is 0.0987. The average Bonchev–Trinajstić information content (AvgIpc) is 2.94. The summed E-state index contributed by atoms with van der Waals surface area (Å²) in [6, 6.07) is 4.24. The molecular formula is C28H42ClN5O5. The summed E-state index contributed by atoms with van der Waals surface area (Å²) in [6.07, 6.45) is 0. The van der Waals surface area contributed by atoms with Gasteiger partial charge in [-0.05, 0) is 38.3 Å². The number of nitrogen functional groups attached to an aromatic ring is 1. The van der Waals surface area contributed by atoms with E-state index in [4.69, 9.17) is 26.8 Å². The van der Waals surface area contributed by atoms with Gasteiger partial charge in [0.15, 0.2) is 0 Å². The normalized spacial score (nSPS) is 11.1. The fraction of sp³-hybridized carbons (Fsp3) is 0.500. The number of hydrogen-bond acceptors (Lipinski definition) is 8. The first-order valence-electron chi connectivity index (χ1n) is 13.2. The van der Waals surface area contributed by atoms with E-state index >= 15 is 0 Å². The number of halogens is 1. The number of carbonyl (C=O) groups excluding carboxylic acids is 2. The highest BCUT2D eigenvalue weighted by atomic mass is 35.5. The van der Waals surface area contributed by atoms with Crippen LogP contribution in [0.2, 0.25) is 5.02 Å². The minimum Gasteiger partial charge on any atom is -0.507 e. The lowest BCUT2D eigenvalue weighted by Gasteiger charge is -2.21. The second-order valence-corrected chi connectivity index (χ2v) is 9.27. The number of methoxy groups -OCH3 is 2. The van der Waals surface area contributed by atoms with E-state index in [0.717, 1.165) is 26.2 Å². The number of benzene rings is 2. The molecule has 2 aromatic rings. The Bertz CT molecular complexity index is 1140. The van der Waals surface area contributed by atoms with Crippen LogP contribution < -0.4 is 25.8 Å². The number of nitrogens with one attached hydrogen (secondary N) is 2. The predicted octanol–water partition coefficient (Wildman–Crippen LogP) is 3.46. The third kappa shape index (κ3) is 7.90. The van der Waals surface area contributed by atoms with Crippen molar-refractivity contribution in [3.05, 3.63) is 34.3 Å². The smallest absolute Gasteiger partial charge is 0.255 e. The van der Waals surface area contributed by atoms with Crippen molar-refractivity contribution >= 4 is 29.1 Å². The van der Waals surface area contributed by atoms with Gasteiger partial charge in [0.05, 0.1) is 41.6 Å². The monoisotopic (exact) mass is 563 g/mol. The van der Waals surface area contributed by atoms with Gasteiger partial charge in [-0.15, -0.1) is 0 Å². The van der Waals surface area contributed by atoms with Crippen molar-refractivity contribution in [3.63, 3.8) is 0 Å². The van der Waals surface area contributed by atoms with Crippen molar-refractivity contribution in [1.29, 1.82) is 0 Å². The van der Waals surface area contributed by atoms with E-state index in [1.807, 2.05) is 0 Å². The van der Waals surface area contributed by atoms with Crippen LogP contribution in [0.1, 0.15) is 48.4 Å². The molecular weight excluding hydrogens is 522 g/mol. The van der Waals surface area contributed by atoms with Gasteiger partial charge in [0.2, 0.25) is 0 Å². The zero-order valence-corrected chi connectivity index (χ0v) is 24.6. The number of rotatable bonds is 15. The lowest BCUT2D eigenvalue weighted by molar-refractivity contribution is 0.0937. The molecule has 0 atom stereocenters. The van der Waals surface area contributed by atoms with E-state index in [9.17, 15) is 14.7 Å². The van der Waals surface area contributed by atoms with E-state index in [1.54, 1.807) is 0 Å². The minimum atomic E-state index is -0.399. The number of hydrogen-bond donors (Lipinski definition) is 4. The van der Waals surface area contributed by atoms with Gasteiger partial charge >= 0.3 is 0 Å². The molecule has 0 aromatic heterocycles. The number of phenols is 1. The summed E-state index contributed by atoms with van der Waals surface area (Å²) in [5.74, 6) is -0.679. The molecule has 0 saturated carbocycles. The lowest BCUT2D eigenvalue weighted by Crippen LogP contribution is -2.35. The number of anilines is 1. The predicted molar refractivity (Wildman–Crippen MR) is 156 cm³/mol. The van der Waals surface area contributed by atoms with Crippen molar-refractivity contribution in [2.24, 2.45) is 0 Å². The van der Waals surface area contributed by atoms with Crippen molar-refractivity contribution in [1.82, 2.24) is 20.4 Å². The summed E-state index contributed by atoms with van der Waals surface area (Å²) in [5.41, 5.74) is 7.18. The van der Waals surface area contributed by atoms with Crippen LogP contribution in [0.25, 0.3) is 11.1 Å². The van der Waals surface area contributed by atoms with Crippen LogP contribution in [0.5, 0.6) is 17.2 Å². The Labute approximate surface area is 236 Å². The van der Waals surface area contributed by atoms with E-state index in [2.05, 4.69) is 48.1 Å². The number of likely N-dealkylation sites (N-methyl/N-ethyl adjacent to an activating group) is 2. The van der Waals surface area contributed by atoms with Crippen LogP contribution >= 0.6 is 11.6 Å². The fourth-order valence-electron chi connectivity index (χ4n) is 4.34. The molecule has 0 saturated heterocycles. The largest absolute Gasteiger partial charge is 0.507 e. The first-order chi connectivity index (χ1) is 18.7. The molecule has 0 fully saturated rings. The first kappa shape index (κ1) is 32.0. The molecule has 0 radical (unpaired) electrons. The Kier molecular flexibility index (Phi) is 12.6. The van der Waals surface area contributed by atoms with Crippen molar-refractivity contribution < 1.29 is 24.2 Å². The number of nitrogens with two attached hydrogens (primary N) is 1. The maximum absolute atomic E-state index is 13.2. The molecule has 10 nitrogen and oxygen atoms in total. The van der Waals surface area contributed by atoms with Gasteiger partial charge in [0.1, 0.15) is 17.2 Å². The molecule has 0 aliphatic heterocycles. The maximum atomic E-state index is 13.2. The molecule has 2 amide bonds. The fourth-order valence-corrected chi connectivity index (χ4v) is 4.54. The van der Waals surface area contributed by atoms with Crippen LogP contribution in [0.3, 0.4) is 0 Å². The molecule has 2 aromatic carbocycles. The Balaban J connectivity index is 2.50. The molecule has 0 unspecified atom stereocenters. The summed E-state index contributed by atoms with van der Waals surface area (Å²) >= 11 is 6.45. The molecule has 39 heavy (non-hydrogen) atoms. The van der Waals surface area contributed by atoms with Crippen LogP contribution in [0.4, 0.5) is 5.69 Å². The van der Waals surface area contributed by atoms with Crippen LogP contribution in [-0.4, -0.2) is 93.3 Å². The summed E-state index contributed by atoms with van der Waals surface area (Å²) in [5, 5.41) is 16.8. The van der Waals surface area contributed by atoms with E-state index in [-0.39, 0.29) is 56.1 Å². The standard InChI is InChI=1S/C28H42ClN5O5/c1-7-33(8-2)13-11-31-27(36)19-15-18(22(35)17-23(19)38-5)24-25(30)21(29)16-20(26(24)39-6)28(37)32-12-14-34(9-3)10-4/h15-17,35H,7-14,30H2,1-6H3,(H,31,36)(H,32,37). The molecule has 5 N–H and O–H groups in total. The van der Waals surface area contributed by atoms with Gasteiger partial charge < -0.3 is 40.7 Å². The maximum Gasteiger partial charge on any atom is 0.255 e. The zero-order chi connectivity index (χ0) is 29.1. The summed E-state index contributed by atoms with van der Waals surface area (Å²) in [6.45, 7) is 13.9. The van der Waals surface area contributed by atoms with Crippen LogP contribution in [0.15, 0.2) is 18.2 Å². The van der Waals surface area contributed by atoms with E-state index in [1.165, 1.54) is 32.4 Å². The third-order valence-electron chi connectivity index (χ3n) is 6.77. The number of ether oxygens (including phenoxy) is 2. The van der Waals surface area contributed by atoms with Crippen molar-refractivity contribution in [2.45, 2.75) is 27.7 Å². The second kappa shape index (κ2) is 15.4. The highest BCUT2D eigenvalue weighted by molar-refractivity contribution is 6.34. The van der Waals surface area contributed by atoms with Gasteiger partial charge in [-0.2, -0.15) is 0 Å². The van der Waals surface area contributed by atoms with Crippen molar-refractivity contribution in [2.75, 3.05) is 72.3 Å². The van der Waals surface area contributed by atoms with E-state index < -0.39 is 5.91 Å². The van der Waals surface area contributed by atoms with Gasteiger partial charge in [-0.3, -0.25) is 9.59 Å². The number of amides is 2. The van der Waals surface area contributed by atoms with Crippen LogP contribution in [-0.2, 0) is 0 Å². The van der Waals surface area contributed by atoms with Gasteiger partial charge in [0, 0.05) is 37.8 Å². The Morgan fingerprint density at radius 2 is 1.38 bits per heavy atom. The number of nitrogens with zero attached hydrogens (tertiary/aromatic N) is 2. The zero-order valence-electron chi connectivity index (χ0n) is 23.8. The topological polar surface area (TPSA) is 129 Å². The molecule has 2 rings (SSSR count). The molecule has 0 aliphatic carbocycles. The van der Waals surface area contributed by atoms with Gasteiger partial charge in [-0.25, -0.2) is 0 Å². The van der Waals surface area contributed by atoms with Crippen molar-refractivity contribution in [3.8, 4) is 28.4 Å². The lowest BCUT2D eigenvalue weighted by atomic mass is 9.95. The van der Waals surface area contributed by atoms with Gasteiger partial charge in [0.25, 0.3) is 11.8 Å². The number of phenolic OH excluding ortho intramolecular Hbond substituents is 1. The Morgan fingerprint density at radius 1 is 0.872 bits per heavy atom. The molecule has 0 spiro atoms. The Hall–Kier alpha value is -3.21. The molecule has 216 valence electrons.